The number of nitrogens with two attached hydrogens (primary N) is 1. The third-order valence-corrected chi connectivity index (χ3v) is 4.20. The third-order valence-electron chi connectivity index (χ3n) is 4.20. The van der Waals surface area contributed by atoms with Gasteiger partial charge in [0.25, 0.3) is 5.91 Å². The minimum atomic E-state index is -0.126. The number of nitrogen functional groups attached to an aromatic ring is 1. The van der Waals surface area contributed by atoms with E-state index in [4.69, 9.17) is 5.73 Å². The number of nitrogens with one attached hydrogen (secondary N) is 1. The number of hydrogen-bond donors (Lipinski definition) is 2. The number of aromatic nitrogens is 2. The molecule has 3 N–H and O–H groups in total. The highest BCUT2D eigenvalue weighted by atomic mass is 16.2. The first-order valence-corrected chi connectivity index (χ1v) is 7.93. The Bertz CT molecular complexity index is 463. The lowest BCUT2D eigenvalue weighted by Crippen LogP contribution is -2.35. The predicted octanol–water partition coefficient (Wildman–Crippen LogP) is 1.34. The van der Waals surface area contributed by atoms with E-state index in [0.717, 1.165) is 18.9 Å². The average molecular weight is 293 g/mol. The van der Waals surface area contributed by atoms with E-state index in [1.807, 2.05) is 6.92 Å². The molecular weight excluding hydrogens is 266 g/mol. The lowest BCUT2D eigenvalue weighted by molar-refractivity contribution is 0.0941. The molecule has 6 heteroatoms. The molecule has 1 aliphatic rings. The monoisotopic (exact) mass is 293 g/mol. The zero-order chi connectivity index (χ0) is 15.2. The van der Waals surface area contributed by atoms with Gasteiger partial charge < -0.3 is 16.0 Å². The molecule has 1 aliphatic heterocycles. The normalized spacial score (nSPS) is 17.0. The van der Waals surface area contributed by atoms with Crippen LogP contribution in [0.3, 0.4) is 0 Å². The highest BCUT2D eigenvalue weighted by molar-refractivity contribution is 5.97. The summed E-state index contributed by atoms with van der Waals surface area (Å²) in [5.41, 5.74) is 6.72. The van der Waals surface area contributed by atoms with Crippen LogP contribution in [0.4, 0.5) is 5.69 Å². The van der Waals surface area contributed by atoms with Crippen LogP contribution in [0.25, 0.3) is 0 Å². The summed E-state index contributed by atoms with van der Waals surface area (Å²) >= 11 is 0. The fraction of sp³-hybridized carbons (Fsp3) is 0.733. The van der Waals surface area contributed by atoms with Gasteiger partial charge in [-0.15, -0.1) is 0 Å². The van der Waals surface area contributed by atoms with E-state index >= 15 is 0 Å². The molecule has 118 valence electrons. The molecule has 0 atom stereocenters. The van der Waals surface area contributed by atoms with E-state index in [9.17, 15) is 4.79 Å². The number of aryl methyl sites for hydroxylation is 1. The quantitative estimate of drug-likeness (QED) is 0.776. The molecular formula is C15H27N5O. The maximum absolute atomic E-state index is 12.1. The zero-order valence-electron chi connectivity index (χ0n) is 13.1. The minimum Gasteiger partial charge on any atom is -0.396 e. The number of hydrogen-bond acceptors (Lipinski definition) is 4. The van der Waals surface area contributed by atoms with Crippen LogP contribution in [0.1, 0.15) is 43.6 Å². The second kappa shape index (κ2) is 7.45. The summed E-state index contributed by atoms with van der Waals surface area (Å²) in [6.45, 7) is 9.01. The summed E-state index contributed by atoms with van der Waals surface area (Å²) in [7, 11) is 0. The molecule has 1 saturated heterocycles. The molecule has 1 aromatic rings. The topological polar surface area (TPSA) is 76.2 Å². The van der Waals surface area contributed by atoms with Gasteiger partial charge in [0.2, 0.25) is 0 Å². The second-order valence-corrected chi connectivity index (χ2v) is 5.90. The molecule has 1 fully saturated rings. The number of anilines is 1. The Balaban J connectivity index is 1.71. The number of likely N-dealkylation sites (tertiary alicyclic amines) is 1. The highest BCUT2D eigenvalue weighted by Gasteiger charge is 2.17. The van der Waals surface area contributed by atoms with Crippen LogP contribution in [0, 0.1) is 5.92 Å². The van der Waals surface area contributed by atoms with Gasteiger partial charge in [0.05, 0.1) is 11.9 Å². The van der Waals surface area contributed by atoms with Crippen LogP contribution in [-0.2, 0) is 6.54 Å². The van der Waals surface area contributed by atoms with Crippen molar-refractivity contribution in [3.63, 3.8) is 0 Å². The Morgan fingerprint density at radius 1 is 1.48 bits per heavy atom. The molecule has 2 rings (SSSR count). The van der Waals surface area contributed by atoms with E-state index in [1.165, 1.54) is 32.1 Å². The number of nitrogens with zero attached hydrogens (tertiary/aromatic N) is 3. The lowest BCUT2D eigenvalue weighted by Gasteiger charge is -2.30. The van der Waals surface area contributed by atoms with Gasteiger partial charge in [-0.2, -0.15) is 5.10 Å². The van der Waals surface area contributed by atoms with Gasteiger partial charge in [-0.1, -0.05) is 6.92 Å². The molecule has 0 radical (unpaired) electrons. The van der Waals surface area contributed by atoms with Crippen molar-refractivity contribution in [2.24, 2.45) is 5.92 Å². The van der Waals surface area contributed by atoms with Crippen molar-refractivity contribution in [3.05, 3.63) is 11.9 Å². The number of amides is 1. The molecule has 6 nitrogen and oxygen atoms in total. The van der Waals surface area contributed by atoms with E-state index in [1.54, 1.807) is 4.68 Å². The van der Waals surface area contributed by atoms with Crippen molar-refractivity contribution < 1.29 is 4.79 Å². The molecule has 0 aliphatic carbocycles. The Labute approximate surface area is 126 Å². The van der Waals surface area contributed by atoms with Crippen LogP contribution in [0.2, 0.25) is 0 Å². The Morgan fingerprint density at radius 3 is 2.86 bits per heavy atom. The third kappa shape index (κ3) is 4.20. The summed E-state index contributed by atoms with van der Waals surface area (Å²) < 4.78 is 1.64. The maximum atomic E-state index is 12.1. The van der Waals surface area contributed by atoms with Crippen molar-refractivity contribution in [2.75, 3.05) is 31.9 Å². The van der Waals surface area contributed by atoms with Crippen molar-refractivity contribution in [2.45, 2.75) is 39.7 Å². The SMILES string of the molecule is CCn1ncc(N)c1C(=O)NCCCN1CCC(C)CC1. The van der Waals surface area contributed by atoms with Gasteiger partial charge in [0.15, 0.2) is 0 Å². The summed E-state index contributed by atoms with van der Waals surface area (Å²) in [5.74, 6) is 0.734. The molecule has 0 spiro atoms. The standard InChI is InChI=1S/C15H27N5O/c1-3-20-14(13(16)11-18-20)15(21)17-7-4-8-19-9-5-12(2)6-10-19/h11-12H,3-10,16H2,1-2H3,(H,17,21). The Morgan fingerprint density at radius 2 is 2.19 bits per heavy atom. The summed E-state index contributed by atoms with van der Waals surface area (Å²) in [5, 5.41) is 7.03. The first-order chi connectivity index (χ1) is 10.1. The van der Waals surface area contributed by atoms with Crippen molar-refractivity contribution in [1.82, 2.24) is 20.0 Å². The fourth-order valence-electron chi connectivity index (χ4n) is 2.76. The molecule has 1 aromatic heterocycles. The Kier molecular flexibility index (Phi) is 5.61. The molecule has 0 saturated carbocycles. The largest absolute Gasteiger partial charge is 0.396 e. The molecule has 0 aromatic carbocycles. The van der Waals surface area contributed by atoms with E-state index < -0.39 is 0 Å². The van der Waals surface area contributed by atoms with Crippen LogP contribution in [-0.4, -0.2) is 46.8 Å². The van der Waals surface area contributed by atoms with Crippen molar-refractivity contribution >= 4 is 11.6 Å². The number of carbonyl (C=O) groups excluding carboxylic acids is 1. The Hall–Kier alpha value is -1.56. The minimum absolute atomic E-state index is 0.126. The zero-order valence-corrected chi connectivity index (χ0v) is 13.1. The van der Waals surface area contributed by atoms with Gasteiger partial charge in [-0.25, -0.2) is 0 Å². The molecule has 0 bridgehead atoms. The summed E-state index contributed by atoms with van der Waals surface area (Å²) in [6, 6.07) is 0. The maximum Gasteiger partial charge on any atom is 0.271 e. The number of piperidine rings is 1. The first-order valence-electron chi connectivity index (χ1n) is 7.93. The van der Waals surface area contributed by atoms with Gasteiger partial charge in [-0.3, -0.25) is 9.48 Å². The lowest BCUT2D eigenvalue weighted by atomic mass is 9.99. The first kappa shape index (κ1) is 15.8. The van der Waals surface area contributed by atoms with Crippen LogP contribution < -0.4 is 11.1 Å². The number of carbonyl (C=O) groups is 1. The van der Waals surface area contributed by atoms with Crippen molar-refractivity contribution in [1.29, 1.82) is 0 Å². The fourth-order valence-corrected chi connectivity index (χ4v) is 2.76. The molecule has 21 heavy (non-hydrogen) atoms. The summed E-state index contributed by atoms with van der Waals surface area (Å²) in [4.78, 5) is 14.6. The van der Waals surface area contributed by atoms with E-state index in [-0.39, 0.29) is 5.91 Å². The highest BCUT2D eigenvalue weighted by Crippen LogP contribution is 2.15. The van der Waals surface area contributed by atoms with Gasteiger partial charge in [-0.05, 0) is 51.7 Å². The number of rotatable bonds is 6. The van der Waals surface area contributed by atoms with Gasteiger partial charge in [0, 0.05) is 13.1 Å². The average Bonchev–Trinajstić information content (AvgIpc) is 2.86. The van der Waals surface area contributed by atoms with Crippen LogP contribution in [0.15, 0.2) is 6.20 Å². The van der Waals surface area contributed by atoms with Gasteiger partial charge >= 0.3 is 0 Å². The van der Waals surface area contributed by atoms with Crippen molar-refractivity contribution in [3.8, 4) is 0 Å². The second-order valence-electron chi connectivity index (χ2n) is 5.90. The van der Waals surface area contributed by atoms with E-state index in [0.29, 0.717) is 24.5 Å². The van der Waals surface area contributed by atoms with Crippen LogP contribution >= 0.6 is 0 Å². The van der Waals surface area contributed by atoms with Gasteiger partial charge in [0.1, 0.15) is 5.69 Å². The summed E-state index contributed by atoms with van der Waals surface area (Å²) in [6.07, 6.45) is 5.09. The predicted molar refractivity (Wildman–Crippen MR) is 84.1 cm³/mol. The smallest absolute Gasteiger partial charge is 0.271 e. The van der Waals surface area contributed by atoms with E-state index in [2.05, 4.69) is 22.2 Å². The van der Waals surface area contributed by atoms with Crippen LogP contribution in [0.5, 0.6) is 0 Å². The molecule has 0 unspecified atom stereocenters. The molecule has 1 amide bonds. The molecule has 2 heterocycles.